The van der Waals surface area contributed by atoms with Gasteiger partial charge >= 0.3 is 0 Å². The van der Waals surface area contributed by atoms with Gasteiger partial charge in [0.05, 0.1) is 6.04 Å². The maximum Gasteiger partial charge on any atom is 0.251 e. The van der Waals surface area contributed by atoms with Crippen LogP contribution in [0.1, 0.15) is 54.2 Å². The summed E-state index contributed by atoms with van der Waals surface area (Å²) in [5, 5.41) is 3.07. The number of carbonyl (C=O) groups is 1. The van der Waals surface area contributed by atoms with E-state index in [0.29, 0.717) is 11.5 Å². The molecule has 0 spiro atoms. The van der Waals surface area contributed by atoms with E-state index in [-0.39, 0.29) is 11.9 Å². The zero-order valence-corrected chi connectivity index (χ0v) is 14.6. The fraction of sp³-hybridized carbons (Fsp3) is 0.350. The third-order valence-corrected chi connectivity index (χ3v) is 4.08. The van der Waals surface area contributed by atoms with Crippen molar-refractivity contribution in [2.75, 3.05) is 19.0 Å². The summed E-state index contributed by atoms with van der Waals surface area (Å²) in [4.78, 5) is 14.4. The molecule has 0 saturated heterocycles. The number of nitrogens with one attached hydrogen (secondary N) is 1. The normalized spacial score (nSPS) is 12.1. The Hall–Kier alpha value is -2.29. The highest BCUT2D eigenvalue weighted by Crippen LogP contribution is 2.19. The molecule has 122 valence electrons. The van der Waals surface area contributed by atoms with Crippen LogP contribution < -0.4 is 10.2 Å². The maximum absolute atomic E-state index is 12.4. The summed E-state index contributed by atoms with van der Waals surface area (Å²) in [5.41, 5.74) is 4.13. The molecule has 2 aromatic rings. The SMILES string of the molecule is CC(C)c1ccc(C(C)NC(=O)c2cccc(N(C)C)c2)cc1. The Bertz CT molecular complexity index is 660. The Morgan fingerprint density at radius 1 is 0.957 bits per heavy atom. The summed E-state index contributed by atoms with van der Waals surface area (Å²) < 4.78 is 0. The lowest BCUT2D eigenvalue weighted by molar-refractivity contribution is 0.0940. The number of rotatable bonds is 5. The highest BCUT2D eigenvalue weighted by atomic mass is 16.1. The van der Waals surface area contributed by atoms with Crippen LogP contribution in [0.15, 0.2) is 48.5 Å². The number of carbonyl (C=O) groups excluding carboxylic acids is 1. The first-order valence-corrected chi connectivity index (χ1v) is 8.06. The highest BCUT2D eigenvalue weighted by molar-refractivity contribution is 5.95. The van der Waals surface area contributed by atoms with E-state index in [2.05, 4.69) is 43.4 Å². The van der Waals surface area contributed by atoms with Crippen LogP contribution in [0.2, 0.25) is 0 Å². The van der Waals surface area contributed by atoms with Gasteiger partial charge in [0, 0.05) is 25.3 Å². The Morgan fingerprint density at radius 3 is 2.13 bits per heavy atom. The lowest BCUT2D eigenvalue weighted by Gasteiger charge is -2.17. The molecule has 1 unspecified atom stereocenters. The van der Waals surface area contributed by atoms with E-state index in [1.54, 1.807) is 0 Å². The highest BCUT2D eigenvalue weighted by Gasteiger charge is 2.12. The van der Waals surface area contributed by atoms with Crippen LogP contribution in [-0.4, -0.2) is 20.0 Å². The molecule has 1 N–H and O–H groups in total. The minimum atomic E-state index is -0.0471. The molecular weight excluding hydrogens is 284 g/mol. The Balaban J connectivity index is 2.08. The molecule has 0 aliphatic rings. The predicted octanol–water partition coefficient (Wildman–Crippen LogP) is 4.37. The maximum atomic E-state index is 12.4. The van der Waals surface area contributed by atoms with Gasteiger partial charge in [-0.05, 0) is 42.2 Å². The van der Waals surface area contributed by atoms with Crippen LogP contribution in [0.5, 0.6) is 0 Å². The van der Waals surface area contributed by atoms with Crippen molar-refractivity contribution in [1.82, 2.24) is 5.32 Å². The number of hydrogen-bond acceptors (Lipinski definition) is 2. The van der Waals surface area contributed by atoms with E-state index in [9.17, 15) is 4.79 Å². The lowest BCUT2D eigenvalue weighted by atomic mass is 9.99. The largest absolute Gasteiger partial charge is 0.378 e. The molecule has 3 nitrogen and oxygen atoms in total. The molecule has 23 heavy (non-hydrogen) atoms. The first-order valence-electron chi connectivity index (χ1n) is 8.06. The molecule has 3 heteroatoms. The first kappa shape index (κ1) is 17.1. The number of amides is 1. The number of nitrogens with zero attached hydrogens (tertiary/aromatic N) is 1. The van der Waals surface area contributed by atoms with Gasteiger partial charge in [-0.25, -0.2) is 0 Å². The van der Waals surface area contributed by atoms with Gasteiger partial charge < -0.3 is 10.2 Å². The summed E-state index contributed by atoms with van der Waals surface area (Å²) in [6.45, 7) is 6.37. The van der Waals surface area contributed by atoms with Crippen molar-refractivity contribution in [3.63, 3.8) is 0 Å². The second-order valence-corrected chi connectivity index (χ2v) is 6.46. The molecule has 2 rings (SSSR count). The van der Waals surface area contributed by atoms with Gasteiger partial charge in [-0.15, -0.1) is 0 Å². The van der Waals surface area contributed by atoms with Crippen LogP contribution in [0.4, 0.5) is 5.69 Å². The zero-order chi connectivity index (χ0) is 17.0. The smallest absolute Gasteiger partial charge is 0.251 e. The Kier molecular flexibility index (Phi) is 5.43. The molecular formula is C20H26N2O. The monoisotopic (exact) mass is 310 g/mol. The van der Waals surface area contributed by atoms with Gasteiger partial charge in [-0.3, -0.25) is 4.79 Å². The molecule has 0 aliphatic carbocycles. The van der Waals surface area contributed by atoms with Crippen molar-refractivity contribution in [3.8, 4) is 0 Å². The fourth-order valence-corrected chi connectivity index (χ4v) is 2.46. The topological polar surface area (TPSA) is 32.3 Å². The van der Waals surface area contributed by atoms with Crippen molar-refractivity contribution in [2.45, 2.75) is 32.7 Å². The quantitative estimate of drug-likeness (QED) is 0.889. The van der Waals surface area contributed by atoms with Crippen molar-refractivity contribution in [1.29, 1.82) is 0 Å². The van der Waals surface area contributed by atoms with Gasteiger partial charge in [-0.1, -0.05) is 44.2 Å². The van der Waals surface area contributed by atoms with Crippen molar-refractivity contribution in [3.05, 3.63) is 65.2 Å². The summed E-state index contributed by atoms with van der Waals surface area (Å²) in [5.74, 6) is 0.469. The third kappa shape index (κ3) is 4.35. The van der Waals surface area contributed by atoms with Gasteiger partial charge in [0.2, 0.25) is 0 Å². The van der Waals surface area contributed by atoms with Gasteiger partial charge in [0.25, 0.3) is 5.91 Å². The van der Waals surface area contributed by atoms with Crippen LogP contribution in [0, 0.1) is 0 Å². The van der Waals surface area contributed by atoms with Crippen LogP contribution in [-0.2, 0) is 0 Å². The number of benzene rings is 2. The molecule has 0 aliphatic heterocycles. The predicted molar refractivity (Wildman–Crippen MR) is 97.2 cm³/mol. The molecule has 0 saturated carbocycles. The zero-order valence-electron chi connectivity index (χ0n) is 14.6. The average molecular weight is 310 g/mol. The van der Waals surface area contributed by atoms with Crippen LogP contribution in [0.3, 0.4) is 0 Å². The standard InChI is InChI=1S/C20H26N2O/c1-14(2)16-9-11-17(12-10-16)15(3)21-20(23)18-7-6-8-19(13-18)22(4)5/h6-15H,1-5H3,(H,21,23). The molecule has 0 bridgehead atoms. The molecule has 1 atom stereocenters. The molecule has 2 aromatic carbocycles. The molecule has 0 fully saturated rings. The van der Waals surface area contributed by atoms with Gasteiger partial charge in [0.1, 0.15) is 0 Å². The first-order chi connectivity index (χ1) is 10.9. The molecule has 1 amide bonds. The van der Waals surface area contributed by atoms with Crippen LogP contribution in [0.25, 0.3) is 0 Å². The van der Waals surface area contributed by atoms with Gasteiger partial charge in [0.15, 0.2) is 0 Å². The van der Waals surface area contributed by atoms with Crippen molar-refractivity contribution in [2.24, 2.45) is 0 Å². The second kappa shape index (κ2) is 7.32. The lowest BCUT2D eigenvalue weighted by Crippen LogP contribution is -2.26. The average Bonchev–Trinajstić information content (AvgIpc) is 2.54. The number of hydrogen-bond donors (Lipinski definition) is 1. The molecule has 0 aromatic heterocycles. The van der Waals surface area contributed by atoms with E-state index < -0.39 is 0 Å². The summed E-state index contributed by atoms with van der Waals surface area (Å²) in [7, 11) is 3.94. The van der Waals surface area contributed by atoms with E-state index in [1.807, 2.05) is 50.2 Å². The summed E-state index contributed by atoms with van der Waals surface area (Å²) in [6, 6.07) is 16.1. The van der Waals surface area contributed by atoms with E-state index in [0.717, 1.165) is 11.3 Å². The molecule has 0 heterocycles. The minimum absolute atomic E-state index is 0.0216. The summed E-state index contributed by atoms with van der Waals surface area (Å²) in [6.07, 6.45) is 0. The number of anilines is 1. The van der Waals surface area contributed by atoms with E-state index in [4.69, 9.17) is 0 Å². The Labute approximate surface area is 139 Å². The molecule has 0 radical (unpaired) electrons. The van der Waals surface area contributed by atoms with Gasteiger partial charge in [-0.2, -0.15) is 0 Å². The fourth-order valence-electron chi connectivity index (χ4n) is 2.46. The summed E-state index contributed by atoms with van der Waals surface area (Å²) >= 11 is 0. The van der Waals surface area contributed by atoms with Crippen molar-refractivity contribution >= 4 is 11.6 Å². The minimum Gasteiger partial charge on any atom is -0.378 e. The van der Waals surface area contributed by atoms with E-state index >= 15 is 0 Å². The Morgan fingerprint density at radius 2 is 1.57 bits per heavy atom. The third-order valence-electron chi connectivity index (χ3n) is 4.08. The van der Waals surface area contributed by atoms with Crippen molar-refractivity contribution < 1.29 is 4.79 Å². The van der Waals surface area contributed by atoms with E-state index in [1.165, 1.54) is 5.56 Å². The van der Waals surface area contributed by atoms with Crippen LogP contribution >= 0.6 is 0 Å². The second-order valence-electron chi connectivity index (χ2n) is 6.46.